The summed E-state index contributed by atoms with van der Waals surface area (Å²) in [5.41, 5.74) is -1.53. The maximum atomic E-state index is 13.0. The van der Waals surface area contributed by atoms with Gasteiger partial charge in [-0.05, 0) is 18.2 Å². The summed E-state index contributed by atoms with van der Waals surface area (Å²) < 4.78 is 63.9. The van der Waals surface area contributed by atoms with Crippen LogP contribution in [0.5, 0.6) is 5.75 Å². The molecule has 1 N–H and O–H groups in total. The molecule has 1 saturated heterocycles. The smallest absolute Gasteiger partial charge is 0.416 e. The summed E-state index contributed by atoms with van der Waals surface area (Å²) in [6.45, 7) is -0.467. The van der Waals surface area contributed by atoms with Crippen molar-refractivity contribution in [2.75, 3.05) is 13.1 Å². The molecule has 116 valence electrons. The molecule has 1 aromatic carbocycles. The Labute approximate surface area is 117 Å². The normalized spacial score (nSPS) is 18.6. The van der Waals surface area contributed by atoms with Crippen LogP contribution in [0.4, 0.5) is 22.0 Å². The van der Waals surface area contributed by atoms with Gasteiger partial charge in [-0.1, -0.05) is 0 Å². The van der Waals surface area contributed by atoms with E-state index in [-0.39, 0.29) is 18.7 Å². The molecule has 1 amide bonds. The number of carbonyl (C=O) groups excluding carboxylic acids is 1. The quantitative estimate of drug-likeness (QED) is 0.809. The van der Waals surface area contributed by atoms with Gasteiger partial charge in [0.25, 0.3) is 11.8 Å². The molecule has 3 nitrogen and oxygen atoms in total. The minimum atomic E-state index is -4.71. The van der Waals surface area contributed by atoms with Gasteiger partial charge in [-0.2, -0.15) is 13.2 Å². The number of halogens is 5. The van der Waals surface area contributed by atoms with Gasteiger partial charge < -0.3 is 10.0 Å². The van der Waals surface area contributed by atoms with Crippen LogP contribution in [0, 0.1) is 0 Å². The molecule has 0 atom stereocenters. The Balaban J connectivity index is 2.22. The van der Waals surface area contributed by atoms with Crippen molar-refractivity contribution in [1.82, 2.24) is 4.90 Å². The Kier molecular flexibility index (Phi) is 3.81. The topological polar surface area (TPSA) is 40.5 Å². The second-order valence-corrected chi connectivity index (χ2v) is 4.91. The number of phenols is 1. The van der Waals surface area contributed by atoms with Crippen molar-refractivity contribution >= 4 is 5.91 Å². The molecule has 21 heavy (non-hydrogen) atoms. The van der Waals surface area contributed by atoms with Crippen molar-refractivity contribution in [3.8, 4) is 5.75 Å². The number of phenolic OH excluding ortho intramolecular Hbond substituents is 1. The van der Waals surface area contributed by atoms with Gasteiger partial charge >= 0.3 is 6.18 Å². The lowest BCUT2D eigenvalue weighted by atomic mass is 10.0. The van der Waals surface area contributed by atoms with Crippen LogP contribution in [0.1, 0.15) is 28.8 Å². The fourth-order valence-electron chi connectivity index (χ4n) is 2.12. The van der Waals surface area contributed by atoms with Crippen LogP contribution in [0.25, 0.3) is 0 Å². The Hall–Kier alpha value is -1.86. The molecular formula is C13H12F5NO2. The zero-order valence-corrected chi connectivity index (χ0v) is 10.8. The average molecular weight is 309 g/mol. The molecule has 0 aliphatic carbocycles. The summed E-state index contributed by atoms with van der Waals surface area (Å²) >= 11 is 0. The van der Waals surface area contributed by atoms with Crippen molar-refractivity contribution in [2.45, 2.75) is 24.9 Å². The van der Waals surface area contributed by atoms with Gasteiger partial charge in [-0.15, -0.1) is 0 Å². The number of hydrogen-bond donors (Lipinski definition) is 1. The van der Waals surface area contributed by atoms with E-state index < -0.39 is 42.2 Å². The molecule has 0 unspecified atom stereocenters. The molecule has 1 heterocycles. The number of aromatic hydroxyl groups is 1. The fourth-order valence-corrected chi connectivity index (χ4v) is 2.12. The predicted molar refractivity (Wildman–Crippen MR) is 63.2 cm³/mol. The van der Waals surface area contributed by atoms with E-state index in [1.807, 2.05) is 0 Å². The van der Waals surface area contributed by atoms with Gasteiger partial charge in [0.15, 0.2) is 0 Å². The predicted octanol–water partition coefficient (Wildman–Crippen LogP) is 3.28. The van der Waals surface area contributed by atoms with E-state index in [2.05, 4.69) is 0 Å². The first-order valence-corrected chi connectivity index (χ1v) is 6.17. The maximum absolute atomic E-state index is 13.0. The van der Waals surface area contributed by atoms with Gasteiger partial charge in [-0.25, -0.2) is 8.78 Å². The molecule has 0 radical (unpaired) electrons. The molecule has 0 spiro atoms. The van der Waals surface area contributed by atoms with E-state index in [0.29, 0.717) is 12.1 Å². The summed E-state index contributed by atoms with van der Waals surface area (Å²) in [6, 6.07) is 2.00. The second kappa shape index (κ2) is 5.16. The molecule has 1 aliphatic rings. The Morgan fingerprint density at radius 2 is 1.71 bits per heavy atom. The fraction of sp³-hybridized carbons (Fsp3) is 0.462. The number of nitrogens with zero attached hydrogens (tertiary/aromatic N) is 1. The second-order valence-electron chi connectivity index (χ2n) is 4.91. The van der Waals surface area contributed by atoms with Crippen molar-refractivity contribution in [2.24, 2.45) is 0 Å². The number of likely N-dealkylation sites (tertiary alicyclic amines) is 1. The summed E-state index contributed by atoms with van der Waals surface area (Å²) in [5, 5.41) is 9.30. The molecule has 0 bridgehead atoms. The van der Waals surface area contributed by atoms with E-state index in [0.717, 1.165) is 11.0 Å². The van der Waals surface area contributed by atoms with Gasteiger partial charge in [-0.3, -0.25) is 4.79 Å². The van der Waals surface area contributed by atoms with Crippen molar-refractivity contribution in [3.63, 3.8) is 0 Å². The molecule has 2 rings (SSSR count). The van der Waals surface area contributed by atoms with Crippen LogP contribution in [-0.4, -0.2) is 34.9 Å². The average Bonchev–Trinajstić information content (AvgIpc) is 2.36. The third kappa shape index (κ3) is 3.62. The van der Waals surface area contributed by atoms with E-state index in [1.54, 1.807) is 0 Å². The first kappa shape index (κ1) is 15.5. The summed E-state index contributed by atoms with van der Waals surface area (Å²) in [6.07, 6.45) is -5.75. The van der Waals surface area contributed by atoms with Crippen LogP contribution >= 0.6 is 0 Å². The SMILES string of the molecule is O=C(c1cc(O)cc(C(F)(F)F)c1)N1CCC(F)(F)CC1. The number of rotatable bonds is 1. The molecule has 1 aromatic rings. The molecule has 8 heteroatoms. The van der Waals surface area contributed by atoms with E-state index >= 15 is 0 Å². The van der Waals surface area contributed by atoms with E-state index in [4.69, 9.17) is 0 Å². The lowest BCUT2D eigenvalue weighted by Crippen LogP contribution is -2.42. The van der Waals surface area contributed by atoms with E-state index in [9.17, 15) is 31.9 Å². The number of alkyl halides is 5. The summed E-state index contributed by atoms with van der Waals surface area (Å²) in [5.74, 6) is -4.35. The van der Waals surface area contributed by atoms with Crippen molar-refractivity contribution in [3.05, 3.63) is 29.3 Å². The number of piperidine rings is 1. The first-order valence-electron chi connectivity index (χ1n) is 6.17. The van der Waals surface area contributed by atoms with Crippen LogP contribution in [0.2, 0.25) is 0 Å². The highest BCUT2D eigenvalue weighted by Crippen LogP contribution is 2.33. The highest BCUT2D eigenvalue weighted by molar-refractivity contribution is 5.95. The maximum Gasteiger partial charge on any atom is 0.416 e. The van der Waals surface area contributed by atoms with Gasteiger partial charge in [0.1, 0.15) is 5.75 Å². The zero-order valence-electron chi connectivity index (χ0n) is 10.8. The van der Waals surface area contributed by atoms with Crippen LogP contribution in [0.15, 0.2) is 18.2 Å². The van der Waals surface area contributed by atoms with Gasteiger partial charge in [0, 0.05) is 31.5 Å². The van der Waals surface area contributed by atoms with Gasteiger partial charge in [0.2, 0.25) is 0 Å². The third-order valence-corrected chi connectivity index (χ3v) is 3.27. The molecule has 0 saturated carbocycles. The first-order chi connectivity index (χ1) is 9.58. The number of amides is 1. The Morgan fingerprint density at radius 3 is 2.24 bits per heavy atom. The van der Waals surface area contributed by atoms with E-state index in [1.165, 1.54) is 0 Å². The van der Waals surface area contributed by atoms with Crippen molar-refractivity contribution < 1.29 is 31.9 Å². The lowest BCUT2D eigenvalue weighted by Gasteiger charge is -2.31. The third-order valence-electron chi connectivity index (χ3n) is 3.27. The molecule has 1 aliphatic heterocycles. The molecular weight excluding hydrogens is 297 g/mol. The number of hydrogen-bond acceptors (Lipinski definition) is 2. The summed E-state index contributed by atoms with van der Waals surface area (Å²) in [4.78, 5) is 13.1. The molecule has 1 fully saturated rings. The van der Waals surface area contributed by atoms with Crippen LogP contribution < -0.4 is 0 Å². The minimum Gasteiger partial charge on any atom is -0.508 e. The molecule has 0 aromatic heterocycles. The largest absolute Gasteiger partial charge is 0.508 e. The lowest BCUT2D eigenvalue weighted by molar-refractivity contribution is -0.137. The highest BCUT2D eigenvalue weighted by Gasteiger charge is 2.37. The standard InChI is InChI=1S/C13H12F5NO2/c14-12(15)1-3-19(4-2-12)11(21)8-5-9(13(16,17)18)7-10(20)6-8/h5-7,20H,1-4H2. The zero-order chi connectivity index (χ0) is 15.8. The summed E-state index contributed by atoms with van der Waals surface area (Å²) in [7, 11) is 0. The van der Waals surface area contributed by atoms with Crippen molar-refractivity contribution in [1.29, 1.82) is 0 Å². The highest BCUT2D eigenvalue weighted by atomic mass is 19.4. The Morgan fingerprint density at radius 1 is 1.14 bits per heavy atom. The number of carbonyl (C=O) groups is 1. The van der Waals surface area contributed by atoms with Gasteiger partial charge in [0.05, 0.1) is 5.56 Å². The monoisotopic (exact) mass is 309 g/mol. The minimum absolute atomic E-state index is 0.233. The van der Waals surface area contributed by atoms with Crippen LogP contribution in [0.3, 0.4) is 0 Å². The number of benzene rings is 1. The Bertz CT molecular complexity index is 546. The van der Waals surface area contributed by atoms with Crippen LogP contribution in [-0.2, 0) is 6.18 Å².